The van der Waals surface area contributed by atoms with Crippen molar-refractivity contribution in [2.75, 3.05) is 43.0 Å². The van der Waals surface area contributed by atoms with Crippen molar-refractivity contribution >= 4 is 46.8 Å². The highest BCUT2D eigenvalue weighted by Gasteiger charge is 2.35. The molecule has 2 saturated heterocycles. The molecule has 2 aliphatic heterocycles. The van der Waals surface area contributed by atoms with Crippen molar-refractivity contribution in [3.63, 3.8) is 0 Å². The number of nitrogens with zero attached hydrogens (tertiary/aromatic N) is 3. The Hall–Kier alpha value is -2.97. The molecule has 0 aliphatic carbocycles. The second kappa shape index (κ2) is 8.04. The average Bonchev–Trinajstić information content (AvgIpc) is 3.16. The van der Waals surface area contributed by atoms with Gasteiger partial charge in [0.05, 0.1) is 5.69 Å². The number of hydrogen-bond acceptors (Lipinski definition) is 6. The quantitative estimate of drug-likeness (QED) is 0.464. The van der Waals surface area contributed by atoms with Crippen LogP contribution in [0.2, 0.25) is 0 Å². The summed E-state index contributed by atoms with van der Waals surface area (Å²) in [6.07, 6.45) is 1.48. The van der Waals surface area contributed by atoms with E-state index in [0.29, 0.717) is 11.4 Å². The number of thiocarbonyl (C=S) groups is 1. The Morgan fingerprint density at radius 2 is 1.80 bits per heavy atom. The number of piperazine rings is 1. The molecule has 0 bridgehead atoms. The van der Waals surface area contributed by atoms with Gasteiger partial charge in [-0.25, -0.2) is 0 Å². The van der Waals surface area contributed by atoms with Crippen molar-refractivity contribution in [1.29, 1.82) is 0 Å². The molecule has 2 aliphatic rings. The van der Waals surface area contributed by atoms with Gasteiger partial charge in [0.2, 0.25) is 0 Å². The molecule has 156 valence electrons. The summed E-state index contributed by atoms with van der Waals surface area (Å²) in [7, 11) is 2.09. The van der Waals surface area contributed by atoms with Crippen LogP contribution < -0.4 is 15.1 Å². The van der Waals surface area contributed by atoms with Crippen LogP contribution in [0, 0.1) is 13.8 Å². The average molecular weight is 425 g/mol. The van der Waals surface area contributed by atoms with E-state index in [2.05, 4.69) is 22.2 Å². The fourth-order valence-corrected chi connectivity index (χ4v) is 3.97. The number of aryl methyl sites for hydroxylation is 2. The first-order valence-electron chi connectivity index (χ1n) is 9.85. The highest BCUT2D eigenvalue weighted by atomic mass is 32.1. The number of likely N-dealkylation sites (N-methyl/N-ethyl adjacent to an activating group) is 1. The minimum atomic E-state index is -0.524. The number of rotatable bonds is 3. The summed E-state index contributed by atoms with van der Waals surface area (Å²) < 4.78 is 5.91. The van der Waals surface area contributed by atoms with Gasteiger partial charge in [0.25, 0.3) is 11.8 Å². The Morgan fingerprint density at radius 1 is 1.07 bits per heavy atom. The van der Waals surface area contributed by atoms with E-state index in [0.717, 1.165) is 43.2 Å². The molecule has 1 aromatic carbocycles. The minimum absolute atomic E-state index is 0.0112. The molecule has 7 nitrogen and oxygen atoms in total. The zero-order valence-corrected chi connectivity index (χ0v) is 18.1. The Bertz CT molecular complexity index is 1050. The van der Waals surface area contributed by atoms with E-state index in [9.17, 15) is 9.59 Å². The summed E-state index contributed by atoms with van der Waals surface area (Å²) in [5, 5.41) is 2.69. The number of furan rings is 1. The van der Waals surface area contributed by atoms with Gasteiger partial charge in [0, 0.05) is 32.2 Å². The first-order chi connectivity index (χ1) is 14.3. The van der Waals surface area contributed by atoms with Crippen LogP contribution in [0.3, 0.4) is 0 Å². The summed E-state index contributed by atoms with van der Waals surface area (Å²) in [5.74, 6) is 0.202. The molecule has 30 heavy (non-hydrogen) atoms. The largest absolute Gasteiger partial charge is 0.441 e. The van der Waals surface area contributed by atoms with Gasteiger partial charge in [-0.05, 0) is 56.9 Å². The lowest BCUT2D eigenvalue weighted by Crippen LogP contribution is -2.54. The number of benzene rings is 1. The lowest BCUT2D eigenvalue weighted by molar-refractivity contribution is -0.122. The summed E-state index contributed by atoms with van der Waals surface area (Å²) in [4.78, 5) is 31.5. The molecule has 0 radical (unpaired) electrons. The van der Waals surface area contributed by atoms with Crippen LogP contribution in [0.15, 0.2) is 40.3 Å². The number of nitrogens with one attached hydrogen (secondary N) is 1. The summed E-state index contributed by atoms with van der Waals surface area (Å²) in [5.41, 5.74) is 2.62. The zero-order valence-electron chi connectivity index (χ0n) is 17.3. The Balaban J connectivity index is 1.61. The van der Waals surface area contributed by atoms with Crippen molar-refractivity contribution in [3.8, 4) is 0 Å². The van der Waals surface area contributed by atoms with Crippen molar-refractivity contribution in [1.82, 2.24) is 10.2 Å². The van der Waals surface area contributed by atoms with E-state index in [-0.39, 0.29) is 10.7 Å². The Kier molecular flexibility index (Phi) is 5.44. The van der Waals surface area contributed by atoms with Crippen LogP contribution in [-0.2, 0) is 9.59 Å². The molecular formula is C22H24N4O3S. The zero-order chi connectivity index (χ0) is 21.4. The molecule has 0 unspecified atom stereocenters. The number of carbonyl (C=O) groups is 2. The fourth-order valence-electron chi connectivity index (χ4n) is 3.69. The number of anilines is 2. The van der Waals surface area contributed by atoms with Crippen LogP contribution in [0.5, 0.6) is 0 Å². The molecular weight excluding hydrogens is 400 g/mol. The van der Waals surface area contributed by atoms with Crippen molar-refractivity contribution < 1.29 is 14.0 Å². The van der Waals surface area contributed by atoms with Gasteiger partial charge in [-0.2, -0.15) is 0 Å². The molecule has 2 fully saturated rings. The van der Waals surface area contributed by atoms with Gasteiger partial charge in [-0.15, -0.1) is 0 Å². The van der Waals surface area contributed by atoms with E-state index < -0.39 is 11.8 Å². The van der Waals surface area contributed by atoms with Gasteiger partial charge in [-0.3, -0.25) is 19.8 Å². The number of carbonyl (C=O) groups excluding carboxylic acids is 2. The van der Waals surface area contributed by atoms with Crippen LogP contribution in [0.1, 0.15) is 16.9 Å². The highest BCUT2D eigenvalue weighted by molar-refractivity contribution is 7.80. The first kappa shape index (κ1) is 20.3. The van der Waals surface area contributed by atoms with Crippen LogP contribution in [-0.4, -0.2) is 55.1 Å². The molecule has 8 heteroatoms. The van der Waals surface area contributed by atoms with Gasteiger partial charge < -0.3 is 14.2 Å². The van der Waals surface area contributed by atoms with E-state index >= 15 is 0 Å². The Morgan fingerprint density at radius 3 is 2.50 bits per heavy atom. The minimum Gasteiger partial charge on any atom is -0.441 e. The van der Waals surface area contributed by atoms with E-state index in [4.69, 9.17) is 16.6 Å². The second-order valence-electron chi connectivity index (χ2n) is 7.71. The first-order valence-corrected chi connectivity index (χ1v) is 10.3. The molecule has 0 spiro atoms. The lowest BCUT2D eigenvalue weighted by atomic mass is 10.1. The van der Waals surface area contributed by atoms with E-state index in [1.807, 2.05) is 38.1 Å². The summed E-state index contributed by atoms with van der Waals surface area (Å²) in [6.45, 7) is 7.55. The maximum absolute atomic E-state index is 13.2. The third-order valence-corrected chi connectivity index (χ3v) is 5.69. The number of amides is 2. The SMILES string of the molecule is Cc1ccc(N2C(=O)/C(=C/c3ccc(N4CCN(C)CC4)o3)C(=O)NC2=S)c(C)c1. The topological polar surface area (TPSA) is 69.0 Å². The number of hydrogen-bond donors (Lipinski definition) is 1. The molecule has 0 saturated carbocycles. The smallest absolute Gasteiger partial charge is 0.270 e. The van der Waals surface area contributed by atoms with Gasteiger partial charge in [-0.1, -0.05) is 17.7 Å². The van der Waals surface area contributed by atoms with Gasteiger partial charge in [0.1, 0.15) is 11.3 Å². The molecule has 1 N–H and O–H groups in total. The fraction of sp³-hybridized carbons (Fsp3) is 0.318. The van der Waals surface area contributed by atoms with Crippen molar-refractivity contribution in [2.24, 2.45) is 0 Å². The Labute approximate surface area is 180 Å². The standard InChI is InChI=1S/C22H24N4O3S/c1-14-4-6-18(15(2)12-14)26-21(28)17(20(27)23-22(26)30)13-16-5-7-19(29-16)25-10-8-24(3)9-11-25/h4-7,12-13H,8-11H2,1-3H3,(H,23,27,30)/b17-13+. The molecule has 0 atom stereocenters. The molecule has 2 aromatic rings. The maximum atomic E-state index is 13.2. The molecule has 3 heterocycles. The van der Waals surface area contributed by atoms with Crippen molar-refractivity contribution in [2.45, 2.75) is 13.8 Å². The second-order valence-corrected chi connectivity index (χ2v) is 8.10. The van der Waals surface area contributed by atoms with Gasteiger partial charge in [0.15, 0.2) is 11.0 Å². The van der Waals surface area contributed by atoms with Crippen LogP contribution in [0.25, 0.3) is 6.08 Å². The third-order valence-electron chi connectivity index (χ3n) is 5.41. The maximum Gasteiger partial charge on any atom is 0.270 e. The molecule has 2 amide bonds. The molecule has 1 aromatic heterocycles. The summed E-state index contributed by atoms with van der Waals surface area (Å²) >= 11 is 5.28. The normalized spacial score (nSPS) is 19.6. The highest BCUT2D eigenvalue weighted by Crippen LogP contribution is 2.27. The molecule has 4 rings (SSSR count). The van der Waals surface area contributed by atoms with E-state index in [1.54, 1.807) is 6.07 Å². The lowest BCUT2D eigenvalue weighted by Gasteiger charge is -2.32. The monoisotopic (exact) mass is 424 g/mol. The predicted octanol–water partition coefficient (Wildman–Crippen LogP) is 2.48. The van der Waals surface area contributed by atoms with Crippen molar-refractivity contribution in [3.05, 3.63) is 52.8 Å². The van der Waals surface area contributed by atoms with Gasteiger partial charge >= 0.3 is 0 Å². The van der Waals surface area contributed by atoms with Crippen LogP contribution >= 0.6 is 12.2 Å². The predicted molar refractivity (Wildman–Crippen MR) is 121 cm³/mol. The third kappa shape index (κ3) is 3.88. The van der Waals surface area contributed by atoms with Crippen LogP contribution in [0.4, 0.5) is 11.6 Å². The van der Waals surface area contributed by atoms with E-state index in [1.165, 1.54) is 11.0 Å². The summed E-state index contributed by atoms with van der Waals surface area (Å²) in [6, 6.07) is 9.36.